The zero-order chi connectivity index (χ0) is 61.0. The fourth-order valence-electron chi connectivity index (χ4n) is 9.53. The lowest BCUT2D eigenvalue weighted by Gasteiger charge is -2.37. The number of hydrogen-bond acceptors (Lipinski definition) is 18. The van der Waals surface area contributed by atoms with Crippen molar-refractivity contribution in [2.24, 2.45) is 23.7 Å². The Labute approximate surface area is 494 Å². The van der Waals surface area contributed by atoms with Gasteiger partial charge in [0.25, 0.3) is 5.91 Å². The molecule has 1 aromatic carbocycles. The molecule has 82 heavy (non-hydrogen) atoms. The van der Waals surface area contributed by atoms with Crippen molar-refractivity contribution in [3.8, 4) is 5.75 Å². The van der Waals surface area contributed by atoms with E-state index in [9.17, 15) is 53.1 Å². The number of aromatic hydroxyl groups is 1. The van der Waals surface area contributed by atoms with Crippen LogP contribution in [0.1, 0.15) is 148 Å². The summed E-state index contributed by atoms with van der Waals surface area (Å²) in [6.45, 7) is 17.7. The number of benzene rings is 1. The highest BCUT2D eigenvalue weighted by Gasteiger charge is 2.38. The maximum Gasteiger partial charge on any atom is 0.309 e. The van der Waals surface area contributed by atoms with Crippen molar-refractivity contribution in [1.29, 1.82) is 0 Å². The number of amides is 6. The van der Waals surface area contributed by atoms with Crippen LogP contribution in [0.2, 0.25) is 0 Å². The van der Waals surface area contributed by atoms with E-state index in [1.165, 1.54) is 67.0 Å². The third-order valence-electron chi connectivity index (χ3n) is 14.2. The van der Waals surface area contributed by atoms with Gasteiger partial charge in [-0.1, -0.05) is 53.5 Å². The highest BCUT2D eigenvalue weighted by Crippen LogP contribution is 2.34. The smallest absolute Gasteiger partial charge is 0.309 e. The van der Waals surface area contributed by atoms with E-state index in [1.54, 1.807) is 56.5 Å². The molecule has 1 aromatic heterocycles. The molecule has 3 heterocycles. The molecule has 21 nitrogen and oxygen atoms in total. The Morgan fingerprint density at radius 1 is 0.963 bits per heavy atom. The SMILES string of the molecule is CC[C@H](C)[C@H](CC(=O)[C@H]1CCCCN1C)C(=O)N(C)[C@H](C[C@@H](OC(C)=O)c1nc(C(=O)N[C@@H](Cc2ccc(O)c(NC(=O)CNC(=O)C(C)NC(=O)C3CC(=O)/C=C/SCS/C=C/C(=O)N3)c2)CC(C)C(=O)OC(C)(C)C)cs1)C(C)C. The van der Waals surface area contributed by atoms with Crippen molar-refractivity contribution in [2.45, 2.75) is 169 Å². The summed E-state index contributed by atoms with van der Waals surface area (Å²) in [5, 5.41) is 29.3. The van der Waals surface area contributed by atoms with Crippen LogP contribution in [-0.2, 0) is 59.0 Å². The predicted molar refractivity (Wildman–Crippen MR) is 317 cm³/mol. The molecule has 9 atom stereocenters. The van der Waals surface area contributed by atoms with Crippen LogP contribution in [0.25, 0.3) is 0 Å². The fourth-order valence-corrected chi connectivity index (χ4v) is 11.8. The number of ketones is 2. The summed E-state index contributed by atoms with van der Waals surface area (Å²) in [5.41, 5.74) is -0.310. The Morgan fingerprint density at radius 3 is 2.30 bits per heavy atom. The summed E-state index contributed by atoms with van der Waals surface area (Å²) in [7, 11) is 3.67. The van der Waals surface area contributed by atoms with Crippen LogP contribution in [0.15, 0.2) is 46.5 Å². The molecular formula is C58H84N8O13S3. The van der Waals surface area contributed by atoms with Gasteiger partial charge in [-0.15, -0.1) is 34.9 Å². The summed E-state index contributed by atoms with van der Waals surface area (Å²) < 4.78 is 11.5. The third-order valence-corrected chi connectivity index (χ3v) is 16.9. The maximum absolute atomic E-state index is 14.5. The zero-order valence-corrected chi connectivity index (χ0v) is 51.7. The standard InChI is InChI=1S/C58H84N8O13S3/c1-13-34(4)41(28-48(70)45-16-14-15-21-65(45)11)56(76)66(12)46(33(2)3)29-49(78-37(7)67)55-64-44(31-82-55)54(75)61-39(24-35(5)57(77)79-58(8,9)10)25-38-17-18-47(69)42(26-38)62-51(72)30-59-52(73)36(6)60-53(74)43-27-40(68)19-22-80-32-81-23-20-50(71)63-43/h17-20,22-23,26,31,33-36,39,41,43,45-46,49,69H,13-16,21,24-25,27-30,32H2,1-12H3,(H,59,73)(H,60,74)(H,61,75)(H,62,72)(H,63,71)/b22-19+,23-20+/t34-,35?,36?,39+,41-,43?,45+,46+,49+/m0/s1. The predicted octanol–water partition coefficient (Wildman–Crippen LogP) is 6.61. The van der Waals surface area contributed by atoms with Gasteiger partial charge in [0.1, 0.15) is 34.1 Å². The van der Waals surface area contributed by atoms with Gasteiger partial charge in [-0.05, 0) is 113 Å². The Morgan fingerprint density at radius 2 is 1.66 bits per heavy atom. The molecule has 0 spiro atoms. The Hall–Kier alpha value is -6.11. The van der Waals surface area contributed by atoms with E-state index in [1.807, 2.05) is 34.7 Å². The molecule has 1 fully saturated rings. The number of aromatic nitrogens is 1. The highest BCUT2D eigenvalue weighted by atomic mass is 32.2. The fraction of sp³-hybridized carbons (Fsp3) is 0.603. The van der Waals surface area contributed by atoms with Gasteiger partial charge in [0.2, 0.25) is 29.5 Å². The van der Waals surface area contributed by atoms with Gasteiger partial charge in [-0.3, -0.25) is 52.8 Å². The van der Waals surface area contributed by atoms with E-state index in [-0.39, 0.29) is 78.8 Å². The Balaban J connectivity index is 1.49. The number of carbonyl (C=O) groups is 10. The van der Waals surface area contributed by atoms with E-state index in [0.29, 0.717) is 22.1 Å². The number of allylic oxidation sites excluding steroid dienone is 1. The number of thiazole rings is 1. The number of rotatable bonds is 25. The molecule has 0 radical (unpaired) electrons. The number of phenols is 1. The molecule has 6 amide bonds. The highest BCUT2D eigenvalue weighted by molar-refractivity contribution is 8.18. The number of nitrogens with one attached hydrogen (secondary N) is 5. The van der Waals surface area contributed by atoms with Crippen LogP contribution < -0.4 is 26.6 Å². The molecule has 6 N–H and O–H groups in total. The van der Waals surface area contributed by atoms with Crippen molar-refractivity contribution in [1.82, 2.24) is 36.1 Å². The number of thioether (sulfide) groups is 2. The second-order valence-electron chi connectivity index (χ2n) is 22.5. The Bertz CT molecular complexity index is 2630. The van der Waals surface area contributed by atoms with E-state index in [2.05, 4.69) is 36.5 Å². The van der Waals surface area contributed by atoms with Gasteiger partial charge >= 0.3 is 11.9 Å². The average molecular weight is 1200 g/mol. The zero-order valence-electron chi connectivity index (χ0n) is 49.3. The molecule has 0 saturated carbocycles. The second-order valence-corrected chi connectivity index (χ2v) is 25.5. The van der Waals surface area contributed by atoms with Gasteiger partial charge in [-0.2, -0.15) is 0 Å². The molecule has 0 aliphatic carbocycles. The van der Waals surface area contributed by atoms with Crippen LogP contribution in [-0.4, -0.2) is 147 Å². The summed E-state index contributed by atoms with van der Waals surface area (Å²) in [4.78, 5) is 141. The van der Waals surface area contributed by atoms with Crippen molar-refractivity contribution in [3.05, 3.63) is 62.8 Å². The van der Waals surface area contributed by atoms with E-state index < -0.39 is 102 Å². The van der Waals surface area contributed by atoms with Crippen molar-refractivity contribution in [2.75, 3.05) is 37.6 Å². The second kappa shape index (κ2) is 32.7. The molecule has 2 aliphatic rings. The molecule has 3 unspecified atom stereocenters. The normalized spacial score (nSPS) is 19.6. The molecular weight excluding hydrogens is 1110 g/mol. The van der Waals surface area contributed by atoms with Gasteiger partial charge in [0.05, 0.1) is 24.2 Å². The summed E-state index contributed by atoms with van der Waals surface area (Å²) in [6, 6.07) is 0.464. The van der Waals surface area contributed by atoms with Gasteiger partial charge in [-0.25, -0.2) is 4.98 Å². The van der Waals surface area contributed by atoms with Gasteiger partial charge in [0.15, 0.2) is 17.7 Å². The van der Waals surface area contributed by atoms with Crippen LogP contribution in [0, 0.1) is 23.7 Å². The number of nitrogens with zero attached hydrogens (tertiary/aromatic N) is 3. The van der Waals surface area contributed by atoms with Crippen LogP contribution >= 0.6 is 34.9 Å². The number of ether oxygens (including phenoxy) is 2. The Kier molecular flexibility index (Phi) is 27.2. The topological polar surface area (TPSA) is 289 Å². The lowest BCUT2D eigenvalue weighted by molar-refractivity contribution is -0.160. The number of phenolic OH excluding ortho intramolecular Hbond substituents is 1. The summed E-state index contributed by atoms with van der Waals surface area (Å²) >= 11 is 3.78. The van der Waals surface area contributed by atoms with E-state index in [4.69, 9.17) is 9.47 Å². The van der Waals surface area contributed by atoms with E-state index in [0.717, 1.165) is 37.1 Å². The molecule has 4 rings (SSSR count). The van der Waals surface area contributed by atoms with E-state index >= 15 is 0 Å². The molecule has 2 aliphatic heterocycles. The molecule has 1 saturated heterocycles. The van der Waals surface area contributed by atoms with Gasteiger partial charge in [0, 0.05) is 67.8 Å². The van der Waals surface area contributed by atoms with Crippen molar-refractivity contribution in [3.63, 3.8) is 0 Å². The third kappa shape index (κ3) is 22.2. The van der Waals surface area contributed by atoms with Gasteiger partial charge < -0.3 is 46.1 Å². The molecule has 0 bridgehead atoms. The number of likely N-dealkylation sites (N-methyl/N-ethyl adjacent to an activating group) is 1. The molecule has 24 heteroatoms. The quantitative estimate of drug-likeness (QED) is 0.0450. The average Bonchev–Trinajstić information content (AvgIpc) is 3.95. The lowest BCUT2D eigenvalue weighted by Crippen LogP contribution is -2.53. The minimum absolute atomic E-state index is 0.00166. The monoisotopic (exact) mass is 1200 g/mol. The van der Waals surface area contributed by atoms with Crippen molar-refractivity contribution >= 4 is 99.5 Å². The first-order chi connectivity index (χ1) is 38.6. The minimum atomic E-state index is -1.29. The maximum atomic E-state index is 14.5. The largest absolute Gasteiger partial charge is 0.506 e. The molecule has 452 valence electrons. The van der Waals surface area contributed by atoms with Crippen LogP contribution in [0.5, 0.6) is 5.75 Å². The first-order valence-electron chi connectivity index (χ1n) is 27.8. The molecule has 2 aromatic rings. The first kappa shape index (κ1) is 68.4. The number of likely N-dealkylation sites (tertiary alicyclic amines) is 1. The summed E-state index contributed by atoms with van der Waals surface area (Å²) in [6.07, 6.45) is 5.14. The number of hydrogen-bond donors (Lipinski definition) is 6. The number of Topliss-reactive ketones (excluding diaryl/α,β-unsaturated/α-hetero) is 1. The number of esters is 2. The van der Waals surface area contributed by atoms with Crippen LogP contribution in [0.3, 0.4) is 0 Å². The lowest BCUT2D eigenvalue weighted by atomic mass is 9.83. The summed E-state index contributed by atoms with van der Waals surface area (Å²) in [5.74, 6) is -6.90. The minimum Gasteiger partial charge on any atom is -0.506 e. The van der Waals surface area contributed by atoms with Crippen molar-refractivity contribution < 1.29 is 62.5 Å². The van der Waals surface area contributed by atoms with Crippen LogP contribution in [0.4, 0.5) is 5.69 Å². The first-order valence-corrected chi connectivity index (χ1v) is 30.8. The number of anilines is 1. The number of piperidine rings is 1. The number of carbonyl (C=O) groups excluding carboxylic acids is 10.